The molecule has 0 amide bonds. The van der Waals surface area contributed by atoms with Gasteiger partial charge in [0.15, 0.2) is 0 Å². The lowest BCUT2D eigenvalue weighted by Gasteiger charge is -2.33. The molecule has 0 saturated carbocycles. The Balaban J connectivity index is 2.93. The quantitative estimate of drug-likeness (QED) is 0.753. The van der Waals surface area contributed by atoms with Gasteiger partial charge in [0.1, 0.15) is 0 Å². The molecule has 3 N–H and O–H groups in total. The van der Waals surface area contributed by atoms with Gasteiger partial charge in [-0.25, -0.2) is 0 Å². The van der Waals surface area contributed by atoms with Gasteiger partial charge in [0.05, 0.1) is 10.7 Å². The lowest BCUT2D eigenvalue weighted by molar-refractivity contribution is 0.420. The van der Waals surface area contributed by atoms with Crippen LogP contribution in [-0.2, 0) is 0 Å². The van der Waals surface area contributed by atoms with Crippen LogP contribution in [0.2, 0.25) is 5.02 Å². The predicted octanol–water partition coefficient (Wildman–Crippen LogP) is 4.30. The van der Waals surface area contributed by atoms with E-state index in [1.54, 1.807) is 6.07 Å². The first-order valence-electron chi connectivity index (χ1n) is 5.90. The van der Waals surface area contributed by atoms with Crippen molar-refractivity contribution < 1.29 is 0 Å². The predicted molar refractivity (Wildman–Crippen MR) is 73.1 cm³/mol. The summed E-state index contributed by atoms with van der Waals surface area (Å²) in [5.41, 5.74) is 7.49. The number of hydrogen-bond acceptors (Lipinski definition) is 2. The molecule has 0 unspecified atom stereocenters. The van der Waals surface area contributed by atoms with Gasteiger partial charge in [-0.2, -0.15) is 0 Å². The third-order valence-corrected chi connectivity index (χ3v) is 3.74. The molecule has 3 heteroatoms. The van der Waals surface area contributed by atoms with Crippen LogP contribution in [0.1, 0.15) is 40.0 Å². The second kappa shape index (κ2) is 5.44. The summed E-state index contributed by atoms with van der Waals surface area (Å²) in [6, 6.07) is 5.61. The summed E-state index contributed by atoms with van der Waals surface area (Å²) in [7, 11) is 0. The van der Waals surface area contributed by atoms with Crippen molar-refractivity contribution in [2.24, 2.45) is 0 Å². The van der Waals surface area contributed by atoms with Crippen molar-refractivity contribution in [2.45, 2.75) is 45.6 Å². The molecule has 0 aliphatic heterocycles. The van der Waals surface area contributed by atoms with E-state index in [1.165, 1.54) is 0 Å². The highest BCUT2D eigenvalue weighted by molar-refractivity contribution is 6.33. The van der Waals surface area contributed by atoms with Crippen LogP contribution in [0.4, 0.5) is 11.4 Å². The largest absolute Gasteiger partial charge is 0.399 e. The number of rotatable bonds is 5. The lowest BCUT2D eigenvalue weighted by atomic mass is 9.89. The molecule has 90 valence electrons. The topological polar surface area (TPSA) is 38.0 Å². The number of hydrogen-bond donors (Lipinski definition) is 2. The van der Waals surface area contributed by atoms with Crippen LogP contribution >= 0.6 is 11.6 Å². The molecule has 0 radical (unpaired) electrons. The zero-order chi connectivity index (χ0) is 12.2. The normalized spacial score (nSPS) is 11.5. The van der Waals surface area contributed by atoms with E-state index >= 15 is 0 Å². The van der Waals surface area contributed by atoms with E-state index in [0.29, 0.717) is 10.7 Å². The number of nitrogen functional groups attached to an aromatic ring is 1. The highest BCUT2D eigenvalue weighted by atomic mass is 35.5. The van der Waals surface area contributed by atoms with Crippen LogP contribution in [0.25, 0.3) is 0 Å². The minimum atomic E-state index is 0.139. The highest BCUT2D eigenvalue weighted by Gasteiger charge is 2.23. The van der Waals surface area contributed by atoms with Crippen molar-refractivity contribution in [1.29, 1.82) is 0 Å². The molecule has 0 heterocycles. The van der Waals surface area contributed by atoms with Gasteiger partial charge in [0.2, 0.25) is 0 Å². The molecule has 0 aromatic heterocycles. The second-order valence-electron chi connectivity index (χ2n) is 4.21. The van der Waals surface area contributed by atoms with E-state index in [-0.39, 0.29) is 5.54 Å². The molecule has 0 spiro atoms. The smallest absolute Gasteiger partial charge is 0.0658 e. The summed E-state index contributed by atoms with van der Waals surface area (Å²) in [6.07, 6.45) is 3.25. The maximum atomic E-state index is 6.16. The van der Waals surface area contributed by atoms with Crippen LogP contribution in [0.3, 0.4) is 0 Å². The van der Waals surface area contributed by atoms with Crippen LogP contribution in [-0.4, -0.2) is 5.54 Å². The molecule has 0 bridgehead atoms. The van der Waals surface area contributed by atoms with E-state index in [2.05, 4.69) is 26.1 Å². The second-order valence-corrected chi connectivity index (χ2v) is 4.61. The summed E-state index contributed by atoms with van der Waals surface area (Å²) in [6.45, 7) is 6.60. The van der Waals surface area contributed by atoms with Crippen LogP contribution < -0.4 is 11.1 Å². The van der Waals surface area contributed by atoms with Gasteiger partial charge >= 0.3 is 0 Å². The molecule has 0 fully saturated rings. The fourth-order valence-electron chi connectivity index (χ4n) is 1.93. The summed E-state index contributed by atoms with van der Waals surface area (Å²) < 4.78 is 0. The average molecular weight is 241 g/mol. The summed E-state index contributed by atoms with van der Waals surface area (Å²) in [4.78, 5) is 0. The van der Waals surface area contributed by atoms with Crippen molar-refractivity contribution in [1.82, 2.24) is 0 Å². The number of nitrogens with one attached hydrogen (secondary N) is 1. The Morgan fingerprint density at radius 3 is 2.19 bits per heavy atom. The average Bonchev–Trinajstić information content (AvgIpc) is 2.29. The van der Waals surface area contributed by atoms with E-state index in [9.17, 15) is 0 Å². The minimum Gasteiger partial charge on any atom is -0.399 e. The van der Waals surface area contributed by atoms with Gasteiger partial charge in [-0.3, -0.25) is 0 Å². The summed E-state index contributed by atoms with van der Waals surface area (Å²) in [5, 5.41) is 4.24. The first kappa shape index (κ1) is 13.2. The molecular weight excluding hydrogens is 220 g/mol. The molecule has 0 aliphatic rings. The molecule has 0 saturated heterocycles. The van der Waals surface area contributed by atoms with E-state index in [0.717, 1.165) is 24.9 Å². The first-order valence-corrected chi connectivity index (χ1v) is 6.28. The minimum absolute atomic E-state index is 0.139. The van der Waals surface area contributed by atoms with Crippen LogP contribution in [0.5, 0.6) is 0 Å². The van der Waals surface area contributed by atoms with E-state index in [1.807, 2.05) is 12.1 Å². The Morgan fingerprint density at radius 2 is 1.75 bits per heavy atom. The van der Waals surface area contributed by atoms with Crippen LogP contribution in [0, 0.1) is 0 Å². The van der Waals surface area contributed by atoms with Crippen molar-refractivity contribution >= 4 is 23.0 Å². The van der Waals surface area contributed by atoms with Gasteiger partial charge in [0, 0.05) is 11.2 Å². The van der Waals surface area contributed by atoms with E-state index in [4.69, 9.17) is 17.3 Å². The fraction of sp³-hybridized carbons (Fsp3) is 0.538. The first-order chi connectivity index (χ1) is 7.56. The molecule has 1 rings (SSSR count). The Hall–Kier alpha value is -0.890. The van der Waals surface area contributed by atoms with Crippen molar-refractivity contribution in [2.75, 3.05) is 11.1 Å². The summed E-state index contributed by atoms with van der Waals surface area (Å²) >= 11 is 6.16. The van der Waals surface area contributed by atoms with Gasteiger partial charge in [-0.1, -0.05) is 32.4 Å². The zero-order valence-corrected chi connectivity index (χ0v) is 11.1. The fourth-order valence-corrected chi connectivity index (χ4v) is 2.17. The number of halogens is 1. The third-order valence-electron chi connectivity index (χ3n) is 3.42. The highest BCUT2D eigenvalue weighted by Crippen LogP contribution is 2.31. The molecule has 1 aromatic carbocycles. The van der Waals surface area contributed by atoms with Gasteiger partial charge < -0.3 is 11.1 Å². The maximum absolute atomic E-state index is 6.16. The van der Waals surface area contributed by atoms with Crippen molar-refractivity contribution in [3.63, 3.8) is 0 Å². The number of anilines is 2. The van der Waals surface area contributed by atoms with E-state index < -0.39 is 0 Å². The Bertz CT molecular complexity index is 338. The lowest BCUT2D eigenvalue weighted by Crippen LogP contribution is -2.36. The number of benzene rings is 1. The standard InChI is InChI=1S/C13H21ClN2/c1-4-13(5-2,6-3)16-12-8-7-10(15)9-11(12)14/h7-9,16H,4-6,15H2,1-3H3. The molecule has 2 nitrogen and oxygen atoms in total. The Labute approximate surface area is 103 Å². The zero-order valence-electron chi connectivity index (χ0n) is 10.3. The third kappa shape index (κ3) is 2.82. The summed E-state index contributed by atoms with van der Waals surface area (Å²) in [5.74, 6) is 0. The molecule has 0 atom stereocenters. The van der Waals surface area contributed by atoms with Crippen LogP contribution in [0.15, 0.2) is 18.2 Å². The van der Waals surface area contributed by atoms with Crippen molar-refractivity contribution in [3.8, 4) is 0 Å². The Morgan fingerprint density at radius 1 is 1.19 bits per heavy atom. The van der Waals surface area contributed by atoms with Gasteiger partial charge in [-0.15, -0.1) is 0 Å². The van der Waals surface area contributed by atoms with Gasteiger partial charge in [-0.05, 0) is 37.5 Å². The molecule has 16 heavy (non-hydrogen) atoms. The van der Waals surface area contributed by atoms with Gasteiger partial charge in [0.25, 0.3) is 0 Å². The molecule has 1 aromatic rings. The SMILES string of the molecule is CCC(CC)(CC)Nc1ccc(N)cc1Cl. The Kier molecular flexibility index (Phi) is 4.48. The molecular formula is C13H21ClN2. The molecule has 0 aliphatic carbocycles. The van der Waals surface area contributed by atoms with Crippen molar-refractivity contribution in [3.05, 3.63) is 23.2 Å². The maximum Gasteiger partial charge on any atom is 0.0658 e. The number of nitrogens with two attached hydrogens (primary N) is 1. The monoisotopic (exact) mass is 240 g/mol.